The summed E-state index contributed by atoms with van der Waals surface area (Å²) in [5, 5.41) is 20.9. The van der Waals surface area contributed by atoms with Crippen LogP contribution in [0.4, 0.5) is 0 Å². The Labute approximate surface area is 174 Å². The molecule has 1 aliphatic rings. The van der Waals surface area contributed by atoms with Gasteiger partial charge < -0.3 is 24.4 Å². The molecule has 0 amide bonds. The number of aliphatic hydroxyl groups is 2. The van der Waals surface area contributed by atoms with Gasteiger partial charge in [0.1, 0.15) is 24.4 Å². The molecule has 164 valence electrons. The lowest BCUT2D eigenvalue weighted by atomic mass is 9.99. The second-order valence-electron chi connectivity index (χ2n) is 6.81. The SMILES string of the molecule is O=S(=O)(O)O[C@@H]1[C@H](O)[C@@H](OCc2ccccc2)[C@H](O)O[C@@H]1COCc1ccccc1. The average Bonchev–Trinajstić information content (AvgIpc) is 2.71. The highest BCUT2D eigenvalue weighted by Gasteiger charge is 2.48. The van der Waals surface area contributed by atoms with Crippen LogP contribution < -0.4 is 0 Å². The largest absolute Gasteiger partial charge is 0.397 e. The van der Waals surface area contributed by atoms with Crippen molar-refractivity contribution in [3.63, 3.8) is 0 Å². The zero-order valence-electron chi connectivity index (χ0n) is 16.0. The predicted octanol–water partition coefficient (Wildman–Crippen LogP) is 1.05. The average molecular weight is 440 g/mol. The molecule has 0 saturated carbocycles. The molecule has 9 nitrogen and oxygen atoms in total. The van der Waals surface area contributed by atoms with E-state index in [1.165, 1.54) is 0 Å². The van der Waals surface area contributed by atoms with Crippen LogP contribution in [0.5, 0.6) is 0 Å². The van der Waals surface area contributed by atoms with E-state index in [1.54, 1.807) is 24.3 Å². The van der Waals surface area contributed by atoms with Gasteiger partial charge in [-0.25, -0.2) is 4.18 Å². The van der Waals surface area contributed by atoms with E-state index in [0.29, 0.717) is 0 Å². The maximum Gasteiger partial charge on any atom is 0.397 e. The van der Waals surface area contributed by atoms with Crippen molar-refractivity contribution in [3.8, 4) is 0 Å². The molecule has 1 aliphatic heterocycles. The van der Waals surface area contributed by atoms with Crippen LogP contribution in [0.1, 0.15) is 11.1 Å². The highest BCUT2D eigenvalue weighted by molar-refractivity contribution is 7.80. The molecule has 1 saturated heterocycles. The summed E-state index contributed by atoms with van der Waals surface area (Å²) in [5.41, 5.74) is 1.64. The summed E-state index contributed by atoms with van der Waals surface area (Å²) in [7, 11) is -4.91. The molecule has 0 radical (unpaired) electrons. The second-order valence-corrected chi connectivity index (χ2v) is 7.85. The molecule has 1 heterocycles. The van der Waals surface area contributed by atoms with E-state index < -0.39 is 41.1 Å². The fourth-order valence-corrected chi connectivity index (χ4v) is 3.64. The molecular formula is C20H24O9S. The number of aliphatic hydroxyl groups excluding tert-OH is 2. The molecule has 5 atom stereocenters. The number of rotatable bonds is 9. The summed E-state index contributed by atoms with van der Waals surface area (Å²) in [5.74, 6) is 0. The van der Waals surface area contributed by atoms with Gasteiger partial charge in [0.05, 0.1) is 19.8 Å². The highest BCUT2D eigenvalue weighted by atomic mass is 32.3. The Balaban J connectivity index is 1.65. The van der Waals surface area contributed by atoms with Gasteiger partial charge in [-0.05, 0) is 11.1 Å². The van der Waals surface area contributed by atoms with Crippen LogP contribution in [0.25, 0.3) is 0 Å². The minimum absolute atomic E-state index is 0.0384. The maximum atomic E-state index is 11.3. The van der Waals surface area contributed by atoms with Gasteiger partial charge in [0, 0.05) is 0 Å². The smallest absolute Gasteiger partial charge is 0.387 e. The normalized spacial score (nSPS) is 27.1. The summed E-state index contributed by atoms with van der Waals surface area (Å²) in [4.78, 5) is 0. The van der Waals surface area contributed by atoms with E-state index in [4.69, 9.17) is 18.8 Å². The Morgan fingerprint density at radius 2 is 1.43 bits per heavy atom. The van der Waals surface area contributed by atoms with E-state index in [2.05, 4.69) is 4.18 Å². The first-order valence-corrected chi connectivity index (χ1v) is 10.6. The summed E-state index contributed by atoms with van der Waals surface area (Å²) >= 11 is 0. The van der Waals surface area contributed by atoms with Gasteiger partial charge in [0.25, 0.3) is 0 Å². The fourth-order valence-electron chi connectivity index (χ4n) is 3.12. The Kier molecular flexibility index (Phi) is 7.92. The highest BCUT2D eigenvalue weighted by Crippen LogP contribution is 2.27. The van der Waals surface area contributed by atoms with E-state index in [0.717, 1.165) is 11.1 Å². The van der Waals surface area contributed by atoms with Crippen LogP contribution in [-0.2, 0) is 42.0 Å². The molecule has 3 rings (SSSR count). The van der Waals surface area contributed by atoms with Crippen LogP contribution in [0.15, 0.2) is 60.7 Å². The topological polar surface area (TPSA) is 132 Å². The van der Waals surface area contributed by atoms with Gasteiger partial charge in [0.15, 0.2) is 6.29 Å². The lowest BCUT2D eigenvalue weighted by molar-refractivity contribution is -0.296. The van der Waals surface area contributed by atoms with Crippen molar-refractivity contribution in [2.75, 3.05) is 6.61 Å². The summed E-state index contributed by atoms with van der Waals surface area (Å²) in [6.45, 7) is 0.0325. The molecule has 30 heavy (non-hydrogen) atoms. The molecule has 1 fully saturated rings. The minimum atomic E-state index is -4.91. The molecule has 0 bridgehead atoms. The summed E-state index contributed by atoms with van der Waals surface area (Å²) < 4.78 is 52.7. The predicted molar refractivity (Wildman–Crippen MR) is 104 cm³/mol. The van der Waals surface area contributed by atoms with Crippen molar-refractivity contribution < 1.29 is 41.6 Å². The first-order valence-electron chi connectivity index (χ1n) is 9.28. The lowest BCUT2D eigenvalue weighted by Crippen LogP contribution is -2.60. The van der Waals surface area contributed by atoms with Crippen molar-refractivity contribution in [3.05, 3.63) is 71.8 Å². The molecule has 10 heteroatoms. The van der Waals surface area contributed by atoms with E-state index >= 15 is 0 Å². The molecule has 0 unspecified atom stereocenters. The van der Waals surface area contributed by atoms with Crippen molar-refractivity contribution >= 4 is 10.4 Å². The Bertz CT molecular complexity index is 874. The fraction of sp³-hybridized carbons (Fsp3) is 0.400. The molecule has 0 aromatic heterocycles. The van der Waals surface area contributed by atoms with Crippen molar-refractivity contribution in [1.82, 2.24) is 0 Å². The molecular weight excluding hydrogens is 416 g/mol. The van der Waals surface area contributed by atoms with Crippen LogP contribution in [0.3, 0.4) is 0 Å². The van der Waals surface area contributed by atoms with E-state index in [1.807, 2.05) is 36.4 Å². The maximum absolute atomic E-state index is 11.3. The zero-order valence-corrected chi connectivity index (χ0v) is 16.8. The third-order valence-corrected chi connectivity index (χ3v) is 5.01. The standard InChI is InChI=1S/C20H24O9S/c21-17-18(29-30(23,24)25)16(13-26-11-14-7-3-1-4-8-14)28-20(22)19(17)27-12-15-9-5-2-6-10-15/h1-10,16-22H,11-13H2,(H,23,24,25)/t16-,17+,18+,19-,20-/m1/s1. The Morgan fingerprint density at radius 1 is 0.867 bits per heavy atom. The summed E-state index contributed by atoms with van der Waals surface area (Å²) in [6.07, 6.45) is -7.18. The second kappa shape index (κ2) is 10.4. The summed E-state index contributed by atoms with van der Waals surface area (Å²) in [6, 6.07) is 18.2. The molecule has 2 aromatic carbocycles. The third-order valence-electron chi connectivity index (χ3n) is 4.55. The number of benzene rings is 2. The monoisotopic (exact) mass is 440 g/mol. The van der Waals surface area contributed by atoms with Gasteiger partial charge in [-0.15, -0.1) is 0 Å². The third kappa shape index (κ3) is 6.56. The van der Waals surface area contributed by atoms with Crippen LogP contribution >= 0.6 is 0 Å². The van der Waals surface area contributed by atoms with Crippen LogP contribution in [0.2, 0.25) is 0 Å². The molecule has 2 aromatic rings. The Hall–Kier alpha value is -1.89. The van der Waals surface area contributed by atoms with Crippen molar-refractivity contribution in [1.29, 1.82) is 0 Å². The van der Waals surface area contributed by atoms with Crippen LogP contribution in [0, 0.1) is 0 Å². The van der Waals surface area contributed by atoms with Crippen molar-refractivity contribution in [2.45, 2.75) is 43.9 Å². The van der Waals surface area contributed by atoms with Gasteiger partial charge >= 0.3 is 10.4 Å². The lowest BCUT2D eigenvalue weighted by Gasteiger charge is -2.41. The molecule has 3 N–H and O–H groups in total. The first kappa shape index (κ1) is 22.8. The number of hydrogen-bond acceptors (Lipinski definition) is 8. The van der Waals surface area contributed by atoms with Gasteiger partial charge in [0.2, 0.25) is 0 Å². The van der Waals surface area contributed by atoms with Gasteiger partial charge in [-0.3, -0.25) is 4.55 Å². The van der Waals surface area contributed by atoms with Gasteiger partial charge in [-0.1, -0.05) is 60.7 Å². The van der Waals surface area contributed by atoms with Crippen molar-refractivity contribution in [2.24, 2.45) is 0 Å². The van der Waals surface area contributed by atoms with E-state index in [-0.39, 0.29) is 19.8 Å². The van der Waals surface area contributed by atoms with Crippen LogP contribution in [-0.4, -0.2) is 60.5 Å². The van der Waals surface area contributed by atoms with E-state index in [9.17, 15) is 18.6 Å². The number of hydrogen-bond donors (Lipinski definition) is 3. The van der Waals surface area contributed by atoms with Gasteiger partial charge in [-0.2, -0.15) is 8.42 Å². The zero-order chi connectivity index (χ0) is 21.6. The molecule has 0 spiro atoms. The molecule has 0 aliphatic carbocycles. The number of ether oxygens (including phenoxy) is 3. The Morgan fingerprint density at radius 3 is 2.00 bits per heavy atom. The quantitative estimate of drug-likeness (QED) is 0.490. The first-order chi connectivity index (χ1) is 14.3. The minimum Gasteiger partial charge on any atom is -0.387 e.